The number of amides is 2. The van der Waals surface area contributed by atoms with Crippen LogP contribution in [0.2, 0.25) is 0 Å². The number of hydrogen-bond acceptors (Lipinski definition) is 5. The Kier molecular flexibility index (Phi) is 11.6. The SMILES string of the molecule is CCCCCCCC(=O)N1CCN(C(=O)CCCSc2nnc(Cc3ccccc3)n2-c2ccccc2)CC1C. The molecule has 7 nitrogen and oxygen atoms in total. The maximum absolute atomic E-state index is 13.0. The van der Waals surface area contributed by atoms with Crippen molar-refractivity contribution in [1.29, 1.82) is 0 Å². The summed E-state index contributed by atoms with van der Waals surface area (Å²) in [7, 11) is 0. The fourth-order valence-electron chi connectivity index (χ4n) is 5.25. The zero-order chi connectivity index (χ0) is 28.2. The van der Waals surface area contributed by atoms with Crippen LogP contribution in [0.3, 0.4) is 0 Å². The first-order valence-corrected chi connectivity index (χ1v) is 15.8. The lowest BCUT2D eigenvalue weighted by atomic mass is 10.1. The fraction of sp³-hybridized carbons (Fsp3) is 0.500. The van der Waals surface area contributed by atoms with Gasteiger partial charge in [0, 0.05) is 56.4 Å². The lowest BCUT2D eigenvalue weighted by Gasteiger charge is -2.40. The van der Waals surface area contributed by atoms with E-state index in [0.29, 0.717) is 38.9 Å². The summed E-state index contributed by atoms with van der Waals surface area (Å²) >= 11 is 1.64. The minimum Gasteiger partial charge on any atom is -0.339 e. The number of unbranched alkanes of at least 4 members (excludes halogenated alkanes) is 4. The highest BCUT2D eigenvalue weighted by atomic mass is 32.2. The summed E-state index contributed by atoms with van der Waals surface area (Å²) in [6.07, 6.45) is 8.35. The van der Waals surface area contributed by atoms with E-state index in [-0.39, 0.29) is 17.9 Å². The summed E-state index contributed by atoms with van der Waals surface area (Å²) in [5.74, 6) is 2.10. The molecule has 0 bridgehead atoms. The minimum absolute atomic E-state index is 0.0719. The van der Waals surface area contributed by atoms with Crippen LogP contribution in [0, 0.1) is 0 Å². The number of hydrogen-bond donors (Lipinski definition) is 0. The summed E-state index contributed by atoms with van der Waals surface area (Å²) in [4.78, 5) is 29.6. The van der Waals surface area contributed by atoms with Gasteiger partial charge in [0.1, 0.15) is 5.82 Å². The number of aromatic nitrogens is 3. The van der Waals surface area contributed by atoms with Crippen LogP contribution < -0.4 is 0 Å². The molecule has 2 amide bonds. The molecule has 2 heterocycles. The third-order valence-corrected chi connectivity index (χ3v) is 8.50. The smallest absolute Gasteiger partial charge is 0.222 e. The van der Waals surface area contributed by atoms with Gasteiger partial charge >= 0.3 is 0 Å². The maximum atomic E-state index is 13.0. The van der Waals surface area contributed by atoms with Crippen molar-refractivity contribution in [3.63, 3.8) is 0 Å². The monoisotopic (exact) mass is 561 g/mol. The summed E-state index contributed by atoms with van der Waals surface area (Å²) in [5.41, 5.74) is 2.23. The number of nitrogens with zero attached hydrogens (tertiary/aromatic N) is 5. The van der Waals surface area contributed by atoms with Crippen molar-refractivity contribution in [2.24, 2.45) is 0 Å². The van der Waals surface area contributed by atoms with E-state index in [4.69, 9.17) is 0 Å². The van der Waals surface area contributed by atoms with E-state index in [1.165, 1.54) is 24.8 Å². The molecule has 0 aliphatic carbocycles. The van der Waals surface area contributed by atoms with E-state index in [1.54, 1.807) is 11.8 Å². The highest BCUT2D eigenvalue weighted by Crippen LogP contribution is 2.25. The molecule has 1 aromatic heterocycles. The molecule has 1 atom stereocenters. The first-order valence-electron chi connectivity index (χ1n) is 14.8. The lowest BCUT2D eigenvalue weighted by molar-refractivity contribution is -0.142. The molecule has 0 radical (unpaired) electrons. The minimum atomic E-state index is 0.0719. The number of para-hydroxylation sites is 1. The zero-order valence-corrected chi connectivity index (χ0v) is 24.8. The number of carbonyl (C=O) groups is 2. The van der Waals surface area contributed by atoms with E-state index in [1.807, 2.05) is 46.2 Å². The fourth-order valence-corrected chi connectivity index (χ4v) is 6.16. The lowest BCUT2D eigenvalue weighted by Crippen LogP contribution is -2.55. The molecule has 0 N–H and O–H groups in total. The Hall–Kier alpha value is -3.13. The van der Waals surface area contributed by atoms with Gasteiger partial charge < -0.3 is 9.80 Å². The standard InChI is InChI=1S/C32H43N5O2S/c1-3-4-5-6-13-19-31(39)36-22-21-35(25-26(36)2)30(38)20-14-23-40-32-34-33-29(24-27-15-9-7-10-16-27)37(32)28-17-11-8-12-18-28/h7-12,15-18,26H,3-6,13-14,19-25H2,1-2H3. The van der Waals surface area contributed by atoms with Gasteiger partial charge in [-0.25, -0.2) is 0 Å². The summed E-state index contributed by atoms with van der Waals surface area (Å²) in [5, 5.41) is 9.88. The maximum Gasteiger partial charge on any atom is 0.222 e. The Bertz CT molecular complexity index is 1200. The average Bonchev–Trinajstić information content (AvgIpc) is 3.37. The Morgan fingerprint density at radius 2 is 1.55 bits per heavy atom. The number of rotatable bonds is 14. The normalized spacial score (nSPS) is 15.4. The molecule has 8 heteroatoms. The molecule has 1 saturated heterocycles. The molecular formula is C32H43N5O2S. The van der Waals surface area contributed by atoms with E-state index in [9.17, 15) is 9.59 Å². The number of benzene rings is 2. The van der Waals surface area contributed by atoms with Crippen LogP contribution in [-0.2, 0) is 16.0 Å². The molecule has 40 heavy (non-hydrogen) atoms. The predicted octanol–water partition coefficient (Wildman–Crippen LogP) is 6.15. The van der Waals surface area contributed by atoms with Crippen LogP contribution in [0.4, 0.5) is 0 Å². The second kappa shape index (κ2) is 15.6. The molecule has 2 aromatic carbocycles. The van der Waals surface area contributed by atoms with Crippen LogP contribution in [0.1, 0.15) is 76.6 Å². The van der Waals surface area contributed by atoms with Crippen LogP contribution in [0.15, 0.2) is 65.8 Å². The Balaban J connectivity index is 1.25. The second-order valence-corrected chi connectivity index (χ2v) is 11.7. The summed E-state index contributed by atoms with van der Waals surface area (Å²) in [6, 6.07) is 20.6. The van der Waals surface area contributed by atoms with Crippen molar-refractivity contribution in [3.8, 4) is 5.69 Å². The van der Waals surface area contributed by atoms with Gasteiger partial charge in [0.25, 0.3) is 0 Å². The van der Waals surface area contributed by atoms with E-state index < -0.39 is 0 Å². The van der Waals surface area contributed by atoms with Crippen molar-refractivity contribution in [2.45, 2.75) is 82.8 Å². The molecule has 0 spiro atoms. The molecule has 214 valence electrons. The Morgan fingerprint density at radius 3 is 2.27 bits per heavy atom. The Labute approximate surface area is 243 Å². The van der Waals surface area contributed by atoms with Gasteiger partial charge in [0.15, 0.2) is 5.16 Å². The zero-order valence-electron chi connectivity index (χ0n) is 24.0. The quantitative estimate of drug-likeness (QED) is 0.174. The van der Waals surface area contributed by atoms with Crippen molar-refractivity contribution >= 4 is 23.6 Å². The van der Waals surface area contributed by atoms with E-state index in [0.717, 1.165) is 41.7 Å². The molecule has 1 aliphatic rings. The summed E-state index contributed by atoms with van der Waals surface area (Å²) in [6.45, 7) is 6.16. The average molecular weight is 562 g/mol. The van der Waals surface area contributed by atoms with Gasteiger partial charge in [-0.3, -0.25) is 14.2 Å². The van der Waals surface area contributed by atoms with Crippen LogP contribution in [0.5, 0.6) is 0 Å². The topological polar surface area (TPSA) is 71.3 Å². The van der Waals surface area contributed by atoms with Crippen LogP contribution >= 0.6 is 11.8 Å². The highest BCUT2D eigenvalue weighted by molar-refractivity contribution is 7.99. The van der Waals surface area contributed by atoms with Crippen molar-refractivity contribution < 1.29 is 9.59 Å². The number of carbonyl (C=O) groups excluding carboxylic acids is 2. The van der Waals surface area contributed by atoms with Gasteiger partial charge in [0.2, 0.25) is 11.8 Å². The third-order valence-electron chi connectivity index (χ3n) is 7.48. The molecule has 1 aliphatic heterocycles. The molecule has 4 rings (SSSR count). The first kappa shape index (κ1) is 29.8. The molecule has 3 aromatic rings. The second-order valence-electron chi connectivity index (χ2n) is 10.6. The molecule has 1 fully saturated rings. The van der Waals surface area contributed by atoms with Crippen molar-refractivity contribution in [1.82, 2.24) is 24.6 Å². The summed E-state index contributed by atoms with van der Waals surface area (Å²) < 4.78 is 2.13. The number of piperazine rings is 1. The molecule has 1 unspecified atom stereocenters. The first-order chi connectivity index (χ1) is 19.6. The molecular weight excluding hydrogens is 518 g/mol. The van der Waals surface area contributed by atoms with Crippen molar-refractivity contribution in [2.75, 3.05) is 25.4 Å². The third kappa shape index (κ3) is 8.43. The van der Waals surface area contributed by atoms with Gasteiger partial charge in [-0.05, 0) is 37.5 Å². The van der Waals surface area contributed by atoms with E-state index in [2.05, 4.69) is 52.9 Å². The molecule has 0 saturated carbocycles. The van der Waals surface area contributed by atoms with Crippen LogP contribution in [-0.4, -0.2) is 67.8 Å². The highest BCUT2D eigenvalue weighted by Gasteiger charge is 2.29. The number of thioether (sulfide) groups is 1. The van der Waals surface area contributed by atoms with Crippen molar-refractivity contribution in [3.05, 3.63) is 72.1 Å². The largest absolute Gasteiger partial charge is 0.339 e. The van der Waals surface area contributed by atoms with Gasteiger partial charge in [-0.15, -0.1) is 10.2 Å². The van der Waals surface area contributed by atoms with E-state index >= 15 is 0 Å². The van der Waals surface area contributed by atoms with Crippen LogP contribution in [0.25, 0.3) is 5.69 Å². The van der Waals surface area contributed by atoms with Gasteiger partial charge in [-0.1, -0.05) is 92.9 Å². The predicted molar refractivity (Wildman–Crippen MR) is 162 cm³/mol. The Morgan fingerprint density at radius 1 is 0.850 bits per heavy atom. The van der Waals surface area contributed by atoms with Gasteiger partial charge in [-0.2, -0.15) is 0 Å². The van der Waals surface area contributed by atoms with Gasteiger partial charge in [0.05, 0.1) is 0 Å².